The zero-order valence-electron chi connectivity index (χ0n) is 16.0. The van der Waals surface area contributed by atoms with Gasteiger partial charge in [-0.1, -0.05) is 42.5 Å². The van der Waals surface area contributed by atoms with Crippen molar-refractivity contribution in [3.8, 4) is 5.75 Å². The zero-order valence-corrected chi connectivity index (χ0v) is 17.7. The van der Waals surface area contributed by atoms with Gasteiger partial charge < -0.3 is 9.08 Å². The Hall–Kier alpha value is -2.81. The minimum atomic E-state index is -4.23. The maximum Gasteiger partial charge on any atom is 0.380 e. The van der Waals surface area contributed by atoms with Gasteiger partial charge in [-0.3, -0.25) is 4.79 Å². The first kappa shape index (κ1) is 20.5. The topological polar surface area (TPSA) is 89.7 Å². The van der Waals surface area contributed by atoms with Crippen molar-refractivity contribution in [3.05, 3.63) is 89.5 Å². The first-order valence-corrected chi connectivity index (χ1v) is 11.8. The van der Waals surface area contributed by atoms with Crippen LogP contribution in [0.25, 0.3) is 0 Å². The molecule has 2 N–H and O–H groups in total. The van der Waals surface area contributed by atoms with Crippen LogP contribution in [0.2, 0.25) is 0 Å². The van der Waals surface area contributed by atoms with Crippen molar-refractivity contribution >= 4 is 33.7 Å². The summed E-state index contributed by atoms with van der Waals surface area (Å²) >= 11 is 1.75. The number of rotatable bonds is 6. The van der Waals surface area contributed by atoms with Gasteiger partial charge in [0.15, 0.2) is 5.75 Å². The van der Waals surface area contributed by atoms with Gasteiger partial charge in [0.25, 0.3) is 5.91 Å². The Balaban J connectivity index is 1.53. The Morgan fingerprint density at radius 2 is 1.77 bits per heavy atom. The third-order valence-corrected chi connectivity index (χ3v) is 6.24. The predicted octanol–water partition coefficient (Wildman–Crippen LogP) is 3.76. The fourth-order valence-electron chi connectivity index (χ4n) is 3.41. The van der Waals surface area contributed by atoms with Gasteiger partial charge in [0.05, 0.1) is 5.56 Å². The first-order valence-electron chi connectivity index (χ1n) is 9.33. The average Bonchev–Trinajstić information content (AvgIpc) is 3.15. The molecule has 4 rings (SSSR count). The van der Waals surface area contributed by atoms with E-state index in [2.05, 4.69) is 18.2 Å². The van der Waals surface area contributed by atoms with Crippen molar-refractivity contribution in [2.45, 2.75) is 17.1 Å². The number of nitrogens with two attached hydrogens (primary N) is 1. The summed E-state index contributed by atoms with van der Waals surface area (Å²) in [4.78, 5) is 15.9. The quantitative estimate of drug-likeness (QED) is 0.590. The molecule has 0 saturated carbocycles. The third kappa shape index (κ3) is 4.67. The van der Waals surface area contributed by atoms with Gasteiger partial charge in [-0.15, -0.1) is 11.8 Å². The summed E-state index contributed by atoms with van der Waals surface area (Å²) in [5.41, 5.74) is 3.33. The summed E-state index contributed by atoms with van der Waals surface area (Å²) in [6, 6.07) is 22.5. The van der Waals surface area contributed by atoms with E-state index >= 15 is 0 Å². The molecule has 1 amide bonds. The molecule has 0 spiro atoms. The number of anilines is 1. The fourth-order valence-corrected chi connectivity index (χ4v) is 4.72. The highest BCUT2D eigenvalue weighted by atomic mass is 32.2. The minimum absolute atomic E-state index is 0.0755. The molecule has 0 bridgehead atoms. The fraction of sp³-hybridized carbons (Fsp3) is 0.136. The van der Waals surface area contributed by atoms with Crippen LogP contribution < -0.4 is 14.2 Å². The standard InChI is InChI=1S/C22H20N2O4S2/c23-30(26,27)28-21-9-5-4-8-19(21)22(25)24-13-12-17-14-18(10-11-20(17)24)29-15-16-6-2-1-3-7-16/h1-11,14H,12-13,15H2,(H2,23,26,27). The number of para-hydroxylation sites is 1. The van der Waals surface area contributed by atoms with Crippen LogP contribution in [-0.2, 0) is 22.5 Å². The molecular formula is C22H20N2O4S2. The highest BCUT2D eigenvalue weighted by molar-refractivity contribution is 7.98. The number of amides is 1. The molecule has 0 aliphatic carbocycles. The molecule has 30 heavy (non-hydrogen) atoms. The van der Waals surface area contributed by atoms with Gasteiger partial charge >= 0.3 is 10.3 Å². The molecule has 0 aromatic heterocycles. The Labute approximate surface area is 179 Å². The van der Waals surface area contributed by atoms with Gasteiger partial charge in [-0.05, 0) is 47.9 Å². The van der Waals surface area contributed by atoms with E-state index in [1.165, 1.54) is 17.7 Å². The second kappa shape index (κ2) is 8.51. The minimum Gasteiger partial charge on any atom is -0.370 e. The van der Waals surface area contributed by atoms with Gasteiger partial charge in [0.1, 0.15) is 0 Å². The maximum absolute atomic E-state index is 13.1. The highest BCUT2D eigenvalue weighted by Gasteiger charge is 2.28. The molecule has 1 heterocycles. The molecule has 0 unspecified atom stereocenters. The number of thioether (sulfide) groups is 1. The lowest BCUT2D eigenvalue weighted by molar-refractivity contribution is 0.0988. The Kier molecular flexibility index (Phi) is 5.80. The summed E-state index contributed by atoms with van der Waals surface area (Å²) in [7, 11) is -4.23. The molecular weight excluding hydrogens is 420 g/mol. The Bertz CT molecular complexity index is 1180. The average molecular weight is 441 g/mol. The summed E-state index contributed by atoms with van der Waals surface area (Å²) < 4.78 is 27.4. The van der Waals surface area contributed by atoms with E-state index in [1.54, 1.807) is 28.8 Å². The molecule has 0 saturated heterocycles. The van der Waals surface area contributed by atoms with Crippen LogP contribution in [-0.4, -0.2) is 20.9 Å². The van der Waals surface area contributed by atoms with Gasteiger partial charge in [0, 0.05) is 22.9 Å². The van der Waals surface area contributed by atoms with Crippen molar-refractivity contribution in [2.24, 2.45) is 5.14 Å². The van der Waals surface area contributed by atoms with Crippen molar-refractivity contribution in [1.29, 1.82) is 0 Å². The molecule has 0 fully saturated rings. The molecule has 3 aromatic carbocycles. The van der Waals surface area contributed by atoms with Crippen LogP contribution >= 0.6 is 11.8 Å². The van der Waals surface area contributed by atoms with Crippen LogP contribution in [0.4, 0.5) is 5.69 Å². The smallest absolute Gasteiger partial charge is 0.370 e. The molecule has 0 atom stereocenters. The van der Waals surface area contributed by atoms with E-state index in [4.69, 9.17) is 9.32 Å². The summed E-state index contributed by atoms with van der Waals surface area (Å²) in [5, 5.41) is 4.98. The molecule has 3 aromatic rings. The normalized spacial score (nSPS) is 13.2. The molecule has 6 nitrogen and oxygen atoms in total. The molecule has 1 aliphatic rings. The Morgan fingerprint density at radius 3 is 2.53 bits per heavy atom. The molecule has 0 radical (unpaired) electrons. The van der Waals surface area contributed by atoms with Crippen LogP contribution in [0.3, 0.4) is 0 Å². The van der Waals surface area contributed by atoms with E-state index in [-0.39, 0.29) is 17.2 Å². The number of carbonyl (C=O) groups is 1. The van der Waals surface area contributed by atoms with Crippen molar-refractivity contribution in [3.63, 3.8) is 0 Å². The number of hydrogen-bond donors (Lipinski definition) is 1. The summed E-state index contributed by atoms with van der Waals surface area (Å²) in [5.74, 6) is 0.478. The third-order valence-electron chi connectivity index (χ3n) is 4.76. The highest BCUT2D eigenvalue weighted by Crippen LogP contribution is 2.35. The van der Waals surface area contributed by atoms with E-state index in [9.17, 15) is 13.2 Å². The van der Waals surface area contributed by atoms with Gasteiger partial charge in [-0.25, -0.2) is 0 Å². The zero-order chi connectivity index (χ0) is 21.1. The van der Waals surface area contributed by atoms with E-state index in [0.29, 0.717) is 6.54 Å². The van der Waals surface area contributed by atoms with Crippen LogP contribution in [0.15, 0.2) is 77.7 Å². The van der Waals surface area contributed by atoms with Crippen LogP contribution in [0.5, 0.6) is 5.75 Å². The van der Waals surface area contributed by atoms with Crippen LogP contribution in [0.1, 0.15) is 21.5 Å². The van der Waals surface area contributed by atoms with E-state index in [0.717, 1.165) is 28.3 Å². The summed E-state index contributed by atoms with van der Waals surface area (Å²) in [6.45, 7) is 0.519. The molecule has 154 valence electrons. The second-order valence-electron chi connectivity index (χ2n) is 6.84. The number of carbonyl (C=O) groups excluding carboxylic acids is 1. The number of benzene rings is 3. The van der Waals surface area contributed by atoms with Crippen molar-refractivity contribution in [1.82, 2.24) is 0 Å². The van der Waals surface area contributed by atoms with E-state index in [1.807, 2.05) is 30.3 Å². The summed E-state index contributed by atoms with van der Waals surface area (Å²) in [6.07, 6.45) is 0.735. The number of fused-ring (bicyclic) bond motifs is 1. The molecule has 1 aliphatic heterocycles. The molecule has 8 heteroatoms. The SMILES string of the molecule is NS(=O)(=O)Oc1ccccc1C(=O)N1CCc2cc(SCc3ccccc3)ccc21. The van der Waals surface area contributed by atoms with Crippen molar-refractivity contribution < 1.29 is 17.4 Å². The lowest BCUT2D eigenvalue weighted by atomic mass is 10.1. The largest absolute Gasteiger partial charge is 0.380 e. The monoisotopic (exact) mass is 440 g/mol. The van der Waals surface area contributed by atoms with E-state index < -0.39 is 10.3 Å². The lowest BCUT2D eigenvalue weighted by Gasteiger charge is -2.19. The number of nitrogens with zero attached hydrogens (tertiary/aromatic N) is 1. The predicted molar refractivity (Wildman–Crippen MR) is 118 cm³/mol. The van der Waals surface area contributed by atoms with Crippen LogP contribution in [0, 0.1) is 0 Å². The Morgan fingerprint density at radius 1 is 1.03 bits per heavy atom. The van der Waals surface area contributed by atoms with Gasteiger partial charge in [0.2, 0.25) is 0 Å². The van der Waals surface area contributed by atoms with Gasteiger partial charge in [-0.2, -0.15) is 13.6 Å². The number of hydrogen-bond acceptors (Lipinski definition) is 5. The lowest BCUT2D eigenvalue weighted by Crippen LogP contribution is -2.30. The second-order valence-corrected chi connectivity index (χ2v) is 9.04. The first-order chi connectivity index (χ1) is 14.4. The maximum atomic E-state index is 13.1. The van der Waals surface area contributed by atoms with Crippen molar-refractivity contribution in [2.75, 3.05) is 11.4 Å².